The average Bonchev–Trinajstić information content (AvgIpc) is 3.25. The molecule has 0 aromatic heterocycles. The maximum atomic E-state index is 13.2. The molecule has 2 aliphatic rings. The van der Waals surface area contributed by atoms with E-state index in [0.717, 1.165) is 57.5 Å². The molecule has 2 unspecified atom stereocenters. The minimum absolute atomic E-state index is 0.00277. The lowest BCUT2D eigenvalue weighted by molar-refractivity contribution is -0.117. The fraction of sp³-hybridized carbons (Fsp3) is 0.704. The first-order valence-corrected chi connectivity index (χ1v) is 12.7. The van der Waals surface area contributed by atoms with Gasteiger partial charge in [0.25, 0.3) is 5.91 Å². The summed E-state index contributed by atoms with van der Waals surface area (Å²) in [5.74, 6) is 0.911. The van der Waals surface area contributed by atoms with E-state index < -0.39 is 0 Å². The van der Waals surface area contributed by atoms with Crippen LogP contribution in [-0.4, -0.2) is 44.2 Å². The van der Waals surface area contributed by atoms with Gasteiger partial charge in [0.2, 0.25) is 5.91 Å². The number of nitrogens with one attached hydrogen (secondary N) is 2. The fourth-order valence-corrected chi connectivity index (χ4v) is 5.07. The van der Waals surface area contributed by atoms with E-state index in [2.05, 4.69) is 50.2 Å². The summed E-state index contributed by atoms with van der Waals surface area (Å²) >= 11 is 0. The van der Waals surface area contributed by atoms with Crippen molar-refractivity contribution in [3.05, 3.63) is 23.8 Å². The Balaban J connectivity index is 1.71. The molecule has 2 saturated heterocycles. The molecule has 2 heterocycles. The minimum Gasteiger partial charge on any atom is -0.376 e. The summed E-state index contributed by atoms with van der Waals surface area (Å²) in [6.45, 7) is 14.2. The summed E-state index contributed by atoms with van der Waals surface area (Å²) in [6, 6.07) is 5.76. The molecule has 184 valence electrons. The second-order valence-electron chi connectivity index (χ2n) is 11.4. The van der Waals surface area contributed by atoms with E-state index >= 15 is 0 Å². The monoisotopic (exact) mass is 457 g/mol. The Morgan fingerprint density at radius 2 is 1.91 bits per heavy atom. The van der Waals surface area contributed by atoms with Gasteiger partial charge in [-0.05, 0) is 67.6 Å². The number of ether oxygens (including phenoxy) is 1. The van der Waals surface area contributed by atoms with Crippen LogP contribution in [0.2, 0.25) is 0 Å². The summed E-state index contributed by atoms with van der Waals surface area (Å²) in [7, 11) is 0. The Hall–Kier alpha value is -2.08. The first-order valence-electron chi connectivity index (χ1n) is 12.7. The standard InChI is InChI=1S/C27H43N3O3/c1-19-10-12-30(13-11-19)24-9-8-21(29-25(31)15-20(2)17-27(3,4)5)16-23(24)26(32)28-18-22-7-6-14-33-22/h8-9,16,19-20,22H,6-7,10-15,17-18H2,1-5H3,(H,28,32)(H,29,31). The Kier molecular flexibility index (Phi) is 8.80. The molecular formula is C27H43N3O3. The molecular weight excluding hydrogens is 414 g/mol. The number of hydrogen-bond donors (Lipinski definition) is 2. The van der Waals surface area contributed by atoms with E-state index in [1.165, 1.54) is 0 Å². The quantitative estimate of drug-likeness (QED) is 0.561. The Bertz CT molecular complexity index is 803. The van der Waals surface area contributed by atoms with Crippen molar-refractivity contribution in [2.24, 2.45) is 17.3 Å². The second-order valence-corrected chi connectivity index (χ2v) is 11.4. The highest BCUT2D eigenvalue weighted by atomic mass is 16.5. The van der Waals surface area contributed by atoms with Crippen molar-refractivity contribution >= 4 is 23.2 Å². The molecule has 0 saturated carbocycles. The van der Waals surface area contributed by atoms with Crippen molar-refractivity contribution in [2.75, 3.05) is 36.5 Å². The molecule has 0 aliphatic carbocycles. The molecule has 3 rings (SSSR count). The van der Waals surface area contributed by atoms with E-state index in [0.29, 0.717) is 36.1 Å². The van der Waals surface area contributed by atoms with Crippen LogP contribution < -0.4 is 15.5 Å². The fourth-order valence-electron chi connectivity index (χ4n) is 5.07. The number of rotatable bonds is 8. The van der Waals surface area contributed by atoms with Crippen LogP contribution in [0.5, 0.6) is 0 Å². The van der Waals surface area contributed by atoms with E-state index in [-0.39, 0.29) is 23.3 Å². The molecule has 0 bridgehead atoms. The van der Waals surface area contributed by atoms with Gasteiger partial charge in [-0.15, -0.1) is 0 Å². The van der Waals surface area contributed by atoms with Crippen molar-refractivity contribution in [1.29, 1.82) is 0 Å². The van der Waals surface area contributed by atoms with Gasteiger partial charge in [-0.1, -0.05) is 34.6 Å². The van der Waals surface area contributed by atoms with Crippen LogP contribution in [0, 0.1) is 17.3 Å². The van der Waals surface area contributed by atoms with Gasteiger partial charge in [0.05, 0.1) is 11.7 Å². The Morgan fingerprint density at radius 1 is 1.18 bits per heavy atom. The van der Waals surface area contributed by atoms with E-state index in [1.54, 1.807) is 0 Å². The van der Waals surface area contributed by atoms with Gasteiger partial charge in [-0.25, -0.2) is 0 Å². The van der Waals surface area contributed by atoms with Gasteiger partial charge in [0.1, 0.15) is 0 Å². The highest BCUT2D eigenvalue weighted by molar-refractivity contribution is 6.02. The average molecular weight is 458 g/mol. The molecule has 1 aromatic rings. The molecule has 2 atom stereocenters. The molecule has 6 heteroatoms. The van der Waals surface area contributed by atoms with Gasteiger partial charge >= 0.3 is 0 Å². The number of amides is 2. The molecule has 1 aromatic carbocycles. The molecule has 0 spiro atoms. The molecule has 33 heavy (non-hydrogen) atoms. The van der Waals surface area contributed by atoms with Crippen LogP contribution >= 0.6 is 0 Å². The summed E-state index contributed by atoms with van der Waals surface area (Å²) in [5.41, 5.74) is 2.45. The molecule has 0 radical (unpaired) electrons. The summed E-state index contributed by atoms with van der Waals surface area (Å²) in [4.78, 5) is 28.2. The van der Waals surface area contributed by atoms with Crippen LogP contribution in [0.25, 0.3) is 0 Å². The Labute approximate surface area is 199 Å². The van der Waals surface area contributed by atoms with Crippen LogP contribution in [0.15, 0.2) is 18.2 Å². The number of piperidine rings is 1. The zero-order valence-corrected chi connectivity index (χ0v) is 21.2. The maximum Gasteiger partial charge on any atom is 0.253 e. The van der Waals surface area contributed by atoms with Gasteiger partial charge < -0.3 is 20.3 Å². The van der Waals surface area contributed by atoms with Crippen molar-refractivity contribution in [1.82, 2.24) is 5.32 Å². The summed E-state index contributed by atoms with van der Waals surface area (Å²) in [6.07, 6.45) is 5.85. The zero-order valence-electron chi connectivity index (χ0n) is 21.2. The maximum absolute atomic E-state index is 13.2. The third-order valence-corrected chi connectivity index (χ3v) is 6.66. The van der Waals surface area contributed by atoms with Crippen molar-refractivity contribution in [2.45, 2.75) is 79.2 Å². The normalized spacial score (nSPS) is 20.5. The third kappa shape index (κ3) is 8.02. The van der Waals surface area contributed by atoms with Gasteiger partial charge in [0, 0.05) is 44.0 Å². The van der Waals surface area contributed by atoms with Crippen LogP contribution in [0.3, 0.4) is 0 Å². The lowest BCUT2D eigenvalue weighted by atomic mass is 9.84. The first-order chi connectivity index (χ1) is 15.6. The van der Waals surface area contributed by atoms with Crippen LogP contribution in [0.4, 0.5) is 11.4 Å². The molecule has 2 aliphatic heterocycles. The van der Waals surface area contributed by atoms with E-state index in [4.69, 9.17) is 4.74 Å². The number of hydrogen-bond acceptors (Lipinski definition) is 4. The minimum atomic E-state index is -0.101. The predicted octanol–water partition coefficient (Wildman–Crippen LogP) is 5.23. The zero-order chi connectivity index (χ0) is 24.0. The number of nitrogens with zero attached hydrogens (tertiary/aromatic N) is 1. The predicted molar refractivity (Wildman–Crippen MR) is 135 cm³/mol. The van der Waals surface area contributed by atoms with Crippen molar-refractivity contribution in [3.8, 4) is 0 Å². The summed E-state index contributed by atoms with van der Waals surface area (Å²) < 4.78 is 5.66. The SMILES string of the molecule is CC1CCN(c2ccc(NC(=O)CC(C)CC(C)(C)C)cc2C(=O)NCC2CCCO2)CC1. The van der Waals surface area contributed by atoms with Crippen LogP contribution in [-0.2, 0) is 9.53 Å². The number of carbonyl (C=O) groups is 2. The molecule has 2 N–H and O–H groups in total. The van der Waals surface area contributed by atoms with Crippen molar-refractivity contribution in [3.63, 3.8) is 0 Å². The van der Waals surface area contributed by atoms with Crippen molar-refractivity contribution < 1.29 is 14.3 Å². The Morgan fingerprint density at radius 3 is 2.55 bits per heavy atom. The highest BCUT2D eigenvalue weighted by Crippen LogP contribution is 2.30. The van der Waals surface area contributed by atoms with Gasteiger partial charge in [0.15, 0.2) is 0 Å². The number of carbonyl (C=O) groups excluding carboxylic acids is 2. The lowest BCUT2D eigenvalue weighted by Gasteiger charge is -2.33. The third-order valence-electron chi connectivity index (χ3n) is 6.66. The van der Waals surface area contributed by atoms with Gasteiger partial charge in [-0.2, -0.15) is 0 Å². The lowest BCUT2D eigenvalue weighted by Crippen LogP contribution is -2.36. The second kappa shape index (κ2) is 11.4. The topological polar surface area (TPSA) is 70.7 Å². The smallest absolute Gasteiger partial charge is 0.253 e. The molecule has 6 nitrogen and oxygen atoms in total. The first kappa shape index (κ1) is 25.5. The highest BCUT2D eigenvalue weighted by Gasteiger charge is 2.24. The van der Waals surface area contributed by atoms with E-state index in [9.17, 15) is 9.59 Å². The van der Waals surface area contributed by atoms with Crippen LogP contribution in [0.1, 0.15) is 83.5 Å². The number of benzene rings is 1. The van der Waals surface area contributed by atoms with E-state index in [1.807, 2.05) is 18.2 Å². The number of anilines is 2. The van der Waals surface area contributed by atoms with Gasteiger partial charge in [-0.3, -0.25) is 9.59 Å². The molecule has 2 amide bonds. The summed E-state index contributed by atoms with van der Waals surface area (Å²) in [5, 5.41) is 6.09. The largest absolute Gasteiger partial charge is 0.376 e. The molecule has 2 fully saturated rings.